The van der Waals surface area contributed by atoms with Gasteiger partial charge in [0.1, 0.15) is 5.82 Å². The molecule has 0 aliphatic heterocycles. The maximum Gasteiger partial charge on any atom is 0.255 e. The quantitative estimate of drug-likeness (QED) is 0.342. The van der Waals surface area contributed by atoms with Gasteiger partial charge >= 0.3 is 0 Å². The largest absolute Gasteiger partial charge is 0.355 e. The van der Waals surface area contributed by atoms with E-state index in [1.807, 2.05) is 12.1 Å². The Balaban J connectivity index is 1.38. The molecule has 1 aliphatic carbocycles. The Morgan fingerprint density at radius 1 is 0.730 bits per heavy atom. The van der Waals surface area contributed by atoms with Crippen LogP contribution < -0.4 is 16.0 Å². The molecular weight excluding hydrogens is 469 g/mol. The lowest BCUT2D eigenvalue weighted by Crippen LogP contribution is -2.18. The summed E-state index contributed by atoms with van der Waals surface area (Å²) in [6, 6.07) is 23.7. The summed E-state index contributed by atoms with van der Waals surface area (Å²) in [6.07, 6.45) is 1.32. The SMILES string of the molecule is CNC(=O)c1ccc2c(c1)C(=O)c1ccc(Nc3ccc(F)c(NC(=O)c4ccccc4)c3)cc1CC2. The molecule has 1 aliphatic rings. The zero-order chi connectivity index (χ0) is 25.9. The molecule has 0 saturated carbocycles. The Labute approximate surface area is 213 Å². The van der Waals surface area contributed by atoms with E-state index >= 15 is 0 Å². The zero-order valence-corrected chi connectivity index (χ0v) is 20.1. The Hall–Kier alpha value is -4.78. The molecule has 6 nitrogen and oxygen atoms in total. The number of rotatable bonds is 5. The number of fused-ring (bicyclic) bond motifs is 2. The molecule has 0 radical (unpaired) electrons. The molecule has 0 atom stereocenters. The van der Waals surface area contributed by atoms with Gasteiger partial charge in [0, 0.05) is 40.7 Å². The van der Waals surface area contributed by atoms with Crippen molar-refractivity contribution in [3.8, 4) is 0 Å². The van der Waals surface area contributed by atoms with Crippen LogP contribution in [0.1, 0.15) is 47.8 Å². The van der Waals surface area contributed by atoms with Gasteiger partial charge in [-0.25, -0.2) is 4.39 Å². The number of hydrogen-bond acceptors (Lipinski definition) is 4. The first kappa shape index (κ1) is 23.9. The minimum absolute atomic E-state index is 0.0613. The molecule has 0 bridgehead atoms. The van der Waals surface area contributed by atoms with Gasteiger partial charge in [0.05, 0.1) is 5.69 Å². The lowest BCUT2D eigenvalue weighted by Gasteiger charge is -2.13. The van der Waals surface area contributed by atoms with Gasteiger partial charge in [0.15, 0.2) is 5.78 Å². The first-order valence-corrected chi connectivity index (χ1v) is 11.9. The number of nitrogens with one attached hydrogen (secondary N) is 3. The van der Waals surface area contributed by atoms with Crippen molar-refractivity contribution in [2.45, 2.75) is 12.8 Å². The van der Waals surface area contributed by atoms with Crippen LogP contribution in [-0.4, -0.2) is 24.6 Å². The second kappa shape index (κ2) is 10.1. The fourth-order valence-electron chi connectivity index (χ4n) is 4.46. The Kier molecular flexibility index (Phi) is 6.51. The van der Waals surface area contributed by atoms with Crippen molar-refractivity contribution in [3.63, 3.8) is 0 Å². The van der Waals surface area contributed by atoms with Crippen molar-refractivity contribution < 1.29 is 18.8 Å². The molecule has 3 N–H and O–H groups in total. The van der Waals surface area contributed by atoms with Crippen molar-refractivity contribution in [1.29, 1.82) is 0 Å². The van der Waals surface area contributed by atoms with Crippen LogP contribution in [-0.2, 0) is 12.8 Å². The predicted molar refractivity (Wildman–Crippen MR) is 141 cm³/mol. The predicted octanol–water partition coefficient (Wildman–Crippen LogP) is 5.51. The summed E-state index contributed by atoms with van der Waals surface area (Å²) in [5.41, 5.74) is 5.17. The average Bonchev–Trinajstić information content (AvgIpc) is 3.06. The molecule has 7 heteroatoms. The number of carbonyl (C=O) groups excluding carboxylic acids is 3. The van der Waals surface area contributed by atoms with Gasteiger partial charge in [0.2, 0.25) is 0 Å². The normalized spacial score (nSPS) is 12.1. The summed E-state index contributed by atoms with van der Waals surface area (Å²) >= 11 is 0. The van der Waals surface area contributed by atoms with Crippen LogP contribution in [0.5, 0.6) is 0 Å². The number of benzene rings is 4. The molecule has 4 aromatic carbocycles. The van der Waals surface area contributed by atoms with Crippen LogP contribution in [0.2, 0.25) is 0 Å². The highest BCUT2D eigenvalue weighted by Gasteiger charge is 2.23. The fourth-order valence-corrected chi connectivity index (χ4v) is 4.46. The lowest BCUT2D eigenvalue weighted by molar-refractivity contribution is 0.0962. The van der Waals surface area contributed by atoms with E-state index in [4.69, 9.17) is 0 Å². The van der Waals surface area contributed by atoms with Crippen LogP contribution >= 0.6 is 0 Å². The fraction of sp³-hybridized carbons (Fsp3) is 0.100. The van der Waals surface area contributed by atoms with Gasteiger partial charge in [-0.2, -0.15) is 0 Å². The van der Waals surface area contributed by atoms with Crippen LogP contribution in [0.3, 0.4) is 0 Å². The molecule has 2 amide bonds. The number of amides is 2. The van der Waals surface area contributed by atoms with Crippen LogP contribution in [0, 0.1) is 5.82 Å². The maximum absolute atomic E-state index is 14.4. The molecule has 0 saturated heterocycles. The van der Waals surface area contributed by atoms with Crippen LogP contribution in [0.25, 0.3) is 0 Å². The molecule has 5 rings (SSSR count). The lowest BCUT2D eigenvalue weighted by atomic mass is 9.96. The van der Waals surface area contributed by atoms with Crippen molar-refractivity contribution >= 4 is 34.7 Å². The van der Waals surface area contributed by atoms with Gasteiger partial charge in [-0.15, -0.1) is 0 Å². The molecule has 37 heavy (non-hydrogen) atoms. The smallest absolute Gasteiger partial charge is 0.255 e. The van der Waals surface area contributed by atoms with Gasteiger partial charge in [-0.1, -0.05) is 24.3 Å². The minimum Gasteiger partial charge on any atom is -0.355 e. The number of halogens is 1. The number of carbonyl (C=O) groups is 3. The molecular formula is C30H24FN3O3. The first-order chi connectivity index (χ1) is 17.9. The minimum atomic E-state index is -0.545. The van der Waals surface area contributed by atoms with E-state index in [1.54, 1.807) is 67.7 Å². The molecule has 0 heterocycles. The van der Waals surface area contributed by atoms with E-state index in [1.165, 1.54) is 12.1 Å². The summed E-state index contributed by atoms with van der Waals surface area (Å²) in [5, 5.41) is 8.45. The number of anilines is 3. The Morgan fingerprint density at radius 3 is 2.24 bits per heavy atom. The van der Waals surface area contributed by atoms with Gasteiger partial charge in [-0.3, -0.25) is 14.4 Å². The third-order valence-electron chi connectivity index (χ3n) is 6.40. The van der Waals surface area contributed by atoms with E-state index in [9.17, 15) is 18.8 Å². The highest BCUT2D eigenvalue weighted by atomic mass is 19.1. The van der Waals surface area contributed by atoms with Crippen molar-refractivity contribution in [3.05, 3.63) is 124 Å². The van der Waals surface area contributed by atoms with E-state index in [0.717, 1.165) is 16.8 Å². The summed E-state index contributed by atoms with van der Waals surface area (Å²) in [6.45, 7) is 0. The summed E-state index contributed by atoms with van der Waals surface area (Å²) in [7, 11) is 1.56. The van der Waals surface area contributed by atoms with E-state index in [2.05, 4.69) is 16.0 Å². The zero-order valence-electron chi connectivity index (χ0n) is 20.1. The molecule has 0 unspecified atom stereocenters. The first-order valence-electron chi connectivity index (χ1n) is 11.9. The molecule has 4 aromatic rings. The third-order valence-corrected chi connectivity index (χ3v) is 6.40. The highest BCUT2D eigenvalue weighted by Crippen LogP contribution is 2.29. The summed E-state index contributed by atoms with van der Waals surface area (Å²) < 4.78 is 14.4. The summed E-state index contributed by atoms with van der Waals surface area (Å²) in [5.74, 6) is -1.30. The number of ketones is 1. The molecule has 184 valence electrons. The average molecular weight is 494 g/mol. The van der Waals surface area contributed by atoms with Crippen molar-refractivity contribution in [2.75, 3.05) is 17.7 Å². The van der Waals surface area contributed by atoms with E-state index in [0.29, 0.717) is 40.8 Å². The molecule has 0 spiro atoms. The van der Waals surface area contributed by atoms with Gasteiger partial charge < -0.3 is 16.0 Å². The third kappa shape index (κ3) is 4.97. The Bertz CT molecular complexity index is 1530. The van der Waals surface area contributed by atoms with Crippen molar-refractivity contribution in [1.82, 2.24) is 5.32 Å². The van der Waals surface area contributed by atoms with Crippen LogP contribution in [0.15, 0.2) is 84.9 Å². The van der Waals surface area contributed by atoms with E-state index in [-0.39, 0.29) is 17.4 Å². The number of aryl methyl sites for hydroxylation is 2. The molecule has 0 aromatic heterocycles. The topological polar surface area (TPSA) is 87.3 Å². The van der Waals surface area contributed by atoms with Gasteiger partial charge in [0.25, 0.3) is 11.8 Å². The van der Waals surface area contributed by atoms with Crippen LogP contribution in [0.4, 0.5) is 21.5 Å². The van der Waals surface area contributed by atoms with Gasteiger partial charge in [-0.05, 0) is 84.6 Å². The second-order valence-corrected chi connectivity index (χ2v) is 8.79. The summed E-state index contributed by atoms with van der Waals surface area (Å²) in [4.78, 5) is 37.9. The Morgan fingerprint density at radius 2 is 1.46 bits per heavy atom. The monoisotopic (exact) mass is 493 g/mol. The van der Waals surface area contributed by atoms with Crippen molar-refractivity contribution in [2.24, 2.45) is 0 Å². The van der Waals surface area contributed by atoms with E-state index < -0.39 is 11.7 Å². The highest BCUT2D eigenvalue weighted by molar-refractivity contribution is 6.12. The maximum atomic E-state index is 14.4. The second-order valence-electron chi connectivity index (χ2n) is 8.79. The standard InChI is InChI=1S/C30H24FN3O3/c1-32-29(36)21-10-8-18-7-9-20-15-22(11-13-24(20)28(35)25(18)16-21)33-23-12-14-26(31)27(17-23)34-30(37)19-5-3-2-4-6-19/h2-6,8,10-17,33H,7,9H2,1H3,(H,32,36)(H,34,37). The number of hydrogen-bond donors (Lipinski definition) is 3. The molecule has 0 fully saturated rings.